The first-order chi connectivity index (χ1) is 12.6. The fourth-order valence-corrected chi connectivity index (χ4v) is 4.50. The maximum Gasteiger partial charge on any atom is 0.227 e. The van der Waals surface area contributed by atoms with Gasteiger partial charge in [0.05, 0.1) is 19.6 Å². The first kappa shape index (κ1) is 21.7. The first-order valence-corrected chi connectivity index (χ1v) is 10.2. The maximum absolute atomic E-state index is 12.6. The van der Waals surface area contributed by atoms with Gasteiger partial charge in [0, 0.05) is 49.7 Å². The van der Waals surface area contributed by atoms with E-state index in [2.05, 4.69) is 0 Å². The number of nitrogens with one attached hydrogen (secondary N) is 1. The number of amides is 2. The fraction of sp³-hybridized carbons (Fsp3) is 0.850. The lowest BCUT2D eigenvalue weighted by molar-refractivity contribution is -0.906. The Kier molecular flexibility index (Phi) is 7.25. The molecule has 2 aliphatic rings. The summed E-state index contributed by atoms with van der Waals surface area (Å²) in [5.41, 5.74) is 4.98. The van der Waals surface area contributed by atoms with Crippen molar-refractivity contribution in [3.63, 3.8) is 0 Å². The molecule has 2 fully saturated rings. The van der Waals surface area contributed by atoms with E-state index in [1.807, 2.05) is 25.7 Å². The Morgan fingerprint density at radius 1 is 1.11 bits per heavy atom. The van der Waals surface area contributed by atoms with Gasteiger partial charge in [-0.25, -0.2) is 0 Å². The molecule has 7 heteroatoms. The summed E-state index contributed by atoms with van der Waals surface area (Å²) < 4.78 is 0. The summed E-state index contributed by atoms with van der Waals surface area (Å²) in [5, 5.41) is 11.2. The number of primary amides is 1. The van der Waals surface area contributed by atoms with E-state index in [-0.39, 0.29) is 36.0 Å². The van der Waals surface area contributed by atoms with Crippen molar-refractivity contribution in [2.24, 2.45) is 28.9 Å². The quantitative estimate of drug-likeness (QED) is 0.603. The minimum atomic E-state index is -1.00. The number of piperidine rings is 2. The predicted molar refractivity (Wildman–Crippen MR) is 99.4 cm³/mol. The Labute approximate surface area is 162 Å². The van der Waals surface area contributed by atoms with E-state index < -0.39 is 11.4 Å². The largest absolute Gasteiger partial charge is 0.550 e. The van der Waals surface area contributed by atoms with Crippen LogP contribution >= 0.6 is 0 Å². The SMILES string of the molecule is CC(C)(C)C(=O)N1CC[C@@H](CC(=O)[O-])[C@@H](CC[NH+]2CCC(C(N)=O)CC2)C1. The molecule has 2 amide bonds. The number of hydrogen-bond donors (Lipinski definition) is 2. The maximum atomic E-state index is 12.6. The number of nitrogens with zero attached hydrogens (tertiary/aromatic N) is 1. The minimum Gasteiger partial charge on any atom is -0.550 e. The summed E-state index contributed by atoms with van der Waals surface area (Å²) in [7, 11) is 0. The van der Waals surface area contributed by atoms with Crippen LogP contribution in [0.5, 0.6) is 0 Å². The molecule has 154 valence electrons. The number of nitrogens with two attached hydrogens (primary N) is 1. The van der Waals surface area contributed by atoms with Gasteiger partial charge in [0.15, 0.2) is 0 Å². The Morgan fingerprint density at radius 2 is 1.74 bits per heavy atom. The molecular weight excluding hydrogens is 346 g/mol. The summed E-state index contributed by atoms with van der Waals surface area (Å²) in [6.07, 6.45) is 3.34. The van der Waals surface area contributed by atoms with E-state index in [0.717, 1.165) is 45.3 Å². The van der Waals surface area contributed by atoms with Gasteiger partial charge in [-0.05, 0) is 24.7 Å². The Hall–Kier alpha value is -1.63. The van der Waals surface area contributed by atoms with Crippen LogP contribution in [0.25, 0.3) is 0 Å². The third kappa shape index (κ3) is 6.19. The van der Waals surface area contributed by atoms with Crippen molar-refractivity contribution in [3.8, 4) is 0 Å². The zero-order valence-electron chi connectivity index (χ0n) is 17.0. The Balaban J connectivity index is 1.93. The van der Waals surface area contributed by atoms with Crippen LogP contribution in [0.2, 0.25) is 0 Å². The molecule has 3 N–H and O–H groups in total. The van der Waals surface area contributed by atoms with Gasteiger partial charge in [0.1, 0.15) is 0 Å². The molecule has 0 aromatic rings. The molecule has 0 bridgehead atoms. The number of quaternary nitrogens is 1. The Bertz CT molecular complexity index is 550. The van der Waals surface area contributed by atoms with Crippen LogP contribution in [0, 0.1) is 23.2 Å². The van der Waals surface area contributed by atoms with Crippen molar-refractivity contribution in [1.82, 2.24) is 4.90 Å². The number of aliphatic carboxylic acids is 1. The van der Waals surface area contributed by atoms with Crippen molar-refractivity contribution in [2.45, 2.75) is 52.9 Å². The van der Waals surface area contributed by atoms with Crippen LogP contribution in [0.4, 0.5) is 0 Å². The molecule has 2 saturated heterocycles. The van der Waals surface area contributed by atoms with E-state index >= 15 is 0 Å². The minimum absolute atomic E-state index is 0.00541. The van der Waals surface area contributed by atoms with E-state index in [9.17, 15) is 19.5 Å². The Morgan fingerprint density at radius 3 is 2.26 bits per heavy atom. The first-order valence-electron chi connectivity index (χ1n) is 10.2. The molecule has 2 aliphatic heterocycles. The van der Waals surface area contributed by atoms with Crippen molar-refractivity contribution in [1.29, 1.82) is 0 Å². The monoisotopic (exact) mass is 381 g/mol. The van der Waals surface area contributed by atoms with E-state index in [0.29, 0.717) is 13.1 Å². The molecule has 2 atom stereocenters. The third-order valence-corrected chi connectivity index (χ3v) is 6.21. The smallest absolute Gasteiger partial charge is 0.227 e. The highest BCUT2D eigenvalue weighted by Crippen LogP contribution is 2.31. The number of carbonyl (C=O) groups excluding carboxylic acids is 3. The van der Waals surface area contributed by atoms with Gasteiger partial charge >= 0.3 is 0 Å². The predicted octanol–water partition coefficient (Wildman–Crippen LogP) is -1.19. The normalized spacial score (nSPS) is 29.4. The van der Waals surface area contributed by atoms with Crippen molar-refractivity contribution in [2.75, 3.05) is 32.7 Å². The molecule has 2 heterocycles. The van der Waals surface area contributed by atoms with Gasteiger partial charge in [0.25, 0.3) is 0 Å². The lowest BCUT2D eigenvalue weighted by atomic mass is 9.80. The second kappa shape index (κ2) is 9.04. The summed E-state index contributed by atoms with van der Waals surface area (Å²) >= 11 is 0. The average molecular weight is 382 g/mol. The molecular formula is C20H35N3O4. The number of carbonyl (C=O) groups is 3. The molecule has 27 heavy (non-hydrogen) atoms. The van der Waals surface area contributed by atoms with Crippen LogP contribution in [0.15, 0.2) is 0 Å². The molecule has 2 rings (SSSR count). The number of hydrogen-bond acceptors (Lipinski definition) is 4. The number of likely N-dealkylation sites (tertiary alicyclic amines) is 2. The molecule has 0 saturated carbocycles. The second-order valence-electron chi connectivity index (χ2n) is 9.35. The lowest BCUT2D eigenvalue weighted by Crippen LogP contribution is -3.13. The molecule has 0 aliphatic carbocycles. The summed E-state index contributed by atoms with van der Waals surface area (Å²) in [4.78, 5) is 38.5. The van der Waals surface area contributed by atoms with Gasteiger partial charge in [0.2, 0.25) is 11.8 Å². The summed E-state index contributed by atoms with van der Waals surface area (Å²) in [6.45, 7) is 9.82. The van der Waals surface area contributed by atoms with Crippen molar-refractivity contribution in [3.05, 3.63) is 0 Å². The second-order valence-corrected chi connectivity index (χ2v) is 9.35. The zero-order valence-corrected chi connectivity index (χ0v) is 17.0. The zero-order chi connectivity index (χ0) is 20.2. The summed E-state index contributed by atoms with van der Waals surface area (Å²) in [6, 6.07) is 0. The fourth-order valence-electron chi connectivity index (χ4n) is 4.50. The average Bonchev–Trinajstić information content (AvgIpc) is 2.59. The van der Waals surface area contributed by atoms with E-state index in [1.54, 1.807) is 0 Å². The molecule has 0 spiro atoms. The van der Waals surface area contributed by atoms with Crippen LogP contribution in [0.3, 0.4) is 0 Å². The molecule has 0 aromatic carbocycles. The van der Waals surface area contributed by atoms with Gasteiger partial charge in [-0.3, -0.25) is 9.59 Å². The number of carboxylic acids is 1. The van der Waals surface area contributed by atoms with Crippen LogP contribution < -0.4 is 15.7 Å². The van der Waals surface area contributed by atoms with Gasteiger partial charge in [-0.15, -0.1) is 0 Å². The topological polar surface area (TPSA) is 108 Å². The van der Waals surface area contributed by atoms with Crippen LogP contribution in [0.1, 0.15) is 52.9 Å². The highest BCUT2D eigenvalue weighted by atomic mass is 16.4. The standard InChI is InChI=1S/C20H35N3O4/c1-20(2,3)19(27)23-11-7-15(12-17(24)25)16(13-23)6-10-22-8-4-14(5-9-22)18(21)26/h14-16H,4-13H2,1-3H3,(H2,21,26)(H,24,25)/t15-,16-/m0/s1. The number of rotatable bonds is 6. The van der Waals surface area contributed by atoms with Gasteiger partial charge in [-0.1, -0.05) is 20.8 Å². The van der Waals surface area contributed by atoms with E-state index in [4.69, 9.17) is 5.73 Å². The molecule has 0 radical (unpaired) electrons. The lowest BCUT2D eigenvalue weighted by Gasteiger charge is -2.41. The van der Waals surface area contributed by atoms with Crippen molar-refractivity contribution >= 4 is 17.8 Å². The highest BCUT2D eigenvalue weighted by molar-refractivity contribution is 5.81. The molecule has 0 aromatic heterocycles. The molecule has 0 unspecified atom stereocenters. The summed E-state index contributed by atoms with van der Waals surface area (Å²) in [5.74, 6) is -0.823. The number of carboxylic acid groups (broad SMARTS) is 1. The van der Waals surface area contributed by atoms with Gasteiger partial charge in [-0.2, -0.15) is 0 Å². The van der Waals surface area contributed by atoms with E-state index in [1.165, 1.54) is 4.90 Å². The molecule has 7 nitrogen and oxygen atoms in total. The van der Waals surface area contributed by atoms with Crippen molar-refractivity contribution < 1.29 is 24.4 Å². The third-order valence-electron chi connectivity index (χ3n) is 6.21. The highest BCUT2D eigenvalue weighted by Gasteiger charge is 2.36. The van der Waals surface area contributed by atoms with Crippen LogP contribution in [-0.4, -0.2) is 55.4 Å². The van der Waals surface area contributed by atoms with Crippen LogP contribution in [-0.2, 0) is 14.4 Å². The van der Waals surface area contributed by atoms with Gasteiger partial charge < -0.3 is 25.4 Å².